The van der Waals surface area contributed by atoms with Crippen molar-refractivity contribution in [1.82, 2.24) is 15.6 Å². The van der Waals surface area contributed by atoms with Gasteiger partial charge in [-0.25, -0.2) is 0 Å². The van der Waals surface area contributed by atoms with Crippen LogP contribution in [0.15, 0.2) is 12.1 Å². The third-order valence-electron chi connectivity index (χ3n) is 3.10. The predicted octanol–water partition coefficient (Wildman–Crippen LogP) is 2.18. The predicted molar refractivity (Wildman–Crippen MR) is 84.4 cm³/mol. The third-order valence-corrected chi connectivity index (χ3v) is 3.10. The van der Waals surface area contributed by atoms with E-state index in [4.69, 9.17) is 4.74 Å². The van der Waals surface area contributed by atoms with Crippen molar-refractivity contribution in [2.45, 2.75) is 53.1 Å². The SMILES string of the molecule is CCCC(C)NC(=O)COc1ccc(C)nc1CNCC. The maximum atomic E-state index is 11.8. The number of hydrogen-bond donors (Lipinski definition) is 2. The van der Waals surface area contributed by atoms with Gasteiger partial charge in [-0.3, -0.25) is 9.78 Å². The van der Waals surface area contributed by atoms with Crippen LogP contribution in [-0.4, -0.2) is 30.1 Å². The molecule has 0 spiro atoms. The Morgan fingerprint density at radius 2 is 2.14 bits per heavy atom. The van der Waals surface area contributed by atoms with E-state index in [1.165, 1.54) is 0 Å². The van der Waals surface area contributed by atoms with Gasteiger partial charge in [0.15, 0.2) is 6.61 Å². The summed E-state index contributed by atoms with van der Waals surface area (Å²) in [6.45, 7) is 9.62. The zero-order chi connectivity index (χ0) is 15.7. The fourth-order valence-corrected chi connectivity index (χ4v) is 2.06. The Bertz CT molecular complexity index is 449. The van der Waals surface area contributed by atoms with Crippen LogP contribution < -0.4 is 15.4 Å². The first kappa shape index (κ1) is 17.4. The van der Waals surface area contributed by atoms with Crippen LogP contribution in [0.5, 0.6) is 5.75 Å². The van der Waals surface area contributed by atoms with Crippen molar-refractivity contribution in [2.24, 2.45) is 0 Å². The van der Waals surface area contributed by atoms with E-state index in [1.54, 1.807) is 0 Å². The minimum absolute atomic E-state index is 0.0257. The number of rotatable bonds is 9. The van der Waals surface area contributed by atoms with Crippen molar-refractivity contribution in [3.8, 4) is 5.75 Å². The molecule has 21 heavy (non-hydrogen) atoms. The van der Waals surface area contributed by atoms with E-state index in [0.717, 1.165) is 30.8 Å². The number of nitrogens with zero attached hydrogens (tertiary/aromatic N) is 1. The Balaban J connectivity index is 2.55. The number of carbonyl (C=O) groups is 1. The number of carbonyl (C=O) groups excluding carboxylic acids is 1. The molecule has 118 valence electrons. The summed E-state index contributed by atoms with van der Waals surface area (Å²) in [6.07, 6.45) is 2.03. The first-order valence-corrected chi connectivity index (χ1v) is 7.66. The Hall–Kier alpha value is -1.62. The summed E-state index contributed by atoms with van der Waals surface area (Å²) >= 11 is 0. The van der Waals surface area contributed by atoms with Gasteiger partial charge in [-0.05, 0) is 38.9 Å². The van der Waals surface area contributed by atoms with E-state index >= 15 is 0 Å². The summed E-state index contributed by atoms with van der Waals surface area (Å²) < 4.78 is 5.62. The van der Waals surface area contributed by atoms with Crippen molar-refractivity contribution in [3.05, 3.63) is 23.5 Å². The zero-order valence-corrected chi connectivity index (χ0v) is 13.5. The highest BCUT2D eigenvalue weighted by Crippen LogP contribution is 2.16. The van der Waals surface area contributed by atoms with E-state index in [9.17, 15) is 4.79 Å². The first-order valence-electron chi connectivity index (χ1n) is 7.66. The van der Waals surface area contributed by atoms with Crippen molar-refractivity contribution >= 4 is 5.91 Å². The quantitative estimate of drug-likeness (QED) is 0.732. The van der Waals surface area contributed by atoms with Gasteiger partial charge in [0.25, 0.3) is 5.91 Å². The third kappa shape index (κ3) is 6.58. The van der Waals surface area contributed by atoms with E-state index < -0.39 is 0 Å². The molecule has 1 rings (SSSR count). The molecule has 0 radical (unpaired) electrons. The standard InChI is InChI=1S/C16H27N3O2/c1-5-7-12(3)19-16(20)11-21-15-9-8-13(4)18-14(15)10-17-6-2/h8-9,12,17H,5-7,10-11H2,1-4H3,(H,19,20). The maximum absolute atomic E-state index is 11.8. The zero-order valence-electron chi connectivity index (χ0n) is 13.5. The minimum atomic E-state index is -0.0917. The van der Waals surface area contributed by atoms with E-state index in [0.29, 0.717) is 12.3 Å². The van der Waals surface area contributed by atoms with Gasteiger partial charge in [0.2, 0.25) is 0 Å². The Labute approximate surface area is 127 Å². The molecule has 1 atom stereocenters. The van der Waals surface area contributed by atoms with Crippen LogP contribution >= 0.6 is 0 Å². The largest absolute Gasteiger partial charge is 0.482 e. The molecule has 0 aliphatic carbocycles. The topological polar surface area (TPSA) is 63.2 Å². The molecule has 1 aromatic heterocycles. The monoisotopic (exact) mass is 293 g/mol. The summed E-state index contributed by atoms with van der Waals surface area (Å²) in [5.74, 6) is 0.575. The molecule has 0 saturated heterocycles. The van der Waals surface area contributed by atoms with E-state index in [2.05, 4.69) is 22.5 Å². The van der Waals surface area contributed by atoms with E-state index in [-0.39, 0.29) is 18.6 Å². The van der Waals surface area contributed by atoms with Crippen LogP contribution in [0.4, 0.5) is 0 Å². The van der Waals surface area contributed by atoms with Crippen LogP contribution in [0.3, 0.4) is 0 Å². The van der Waals surface area contributed by atoms with Crippen LogP contribution in [0.2, 0.25) is 0 Å². The normalized spacial score (nSPS) is 12.0. The van der Waals surface area contributed by atoms with Crippen LogP contribution in [0, 0.1) is 6.92 Å². The van der Waals surface area contributed by atoms with Gasteiger partial charge in [0, 0.05) is 18.3 Å². The number of aryl methyl sites for hydroxylation is 1. The van der Waals surface area contributed by atoms with E-state index in [1.807, 2.05) is 32.9 Å². The molecule has 1 aromatic rings. The first-order chi connectivity index (χ1) is 10.1. The van der Waals surface area contributed by atoms with Crippen molar-refractivity contribution < 1.29 is 9.53 Å². The lowest BCUT2D eigenvalue weighted by Crippen LogP contribution is -2.36. The summed E-state index contributed by atoms with van der Waals surface area (Å²) in [7, 11) is 0. The molecule has 0 saturated carbocycles. The molecule has 2 N–H and O–H groups in total. The molecular formula is C16H27N3O2. The molecule has 1 heterocycles. The average molecular weight is 293 g/mol. The second-order valence-corrected chi connectivity index (χ2v) is 5.22. The summed E-state index contributed by atoms with van der Waals surface area (Å²) in [4.78, 5) is 16.3. The fourth-order valence-electron chi connectivity index (χ4n) is 2.06. The summed E-state index contributed by atoms with van der Waals surface area (Å²) in [5.41, 5.74) is 1.78. The minimum Gasteiger partial charge on any atom is -0.482 e. The molecule has 0 aliphatic rings. The smallest absolute Gasteiger partial charge is 0.258 e. The number of amides is 1. The van der Waals surface area contributed by atoms with Gasteiger partial charge in [0.05, 0.1) is 5.69 Å². The molecule has 1 amide bonds. The average Bonchev–Trinajstić information content (AvgIpc) is 2.44. The Kier molecular flexibility index (Phi) is 7.75. The van der Waals surface area contributed by atoms with Crippen molar-refractivity contribution in [2.75, 3.05) is 13.2 Å². The Morgan fingerprint density at radius 1 is 1.38 bits per heavy atom. The summed E-state index contributed by atoms with van der Waals surface area (Å²) in [5, 5.41) is 6.15. The summed E-state index contributed by atoms with van der Waals surface area (Å²) in [6, 6.07) is 3.95. The van der Waals surface area contributed by atoms with Gasteiger partial charge < -0.3 is 15.4 Å². The van der Waals surface area contributed by atoms with Crippen LogP contribution in [-0.2, 0) is 11.3 Å². The lowest BCUT2D eigenvalue weighted by molar-refractivity contribution is -0.123. The molecular weight excluding hydrogens is 266 g/mol. The lowest BCUT2D eigenvalue weighted by atomic mass is 10.2. The highest BCUT2D eigenvalue weighted by Gasteiger charge is 2.10. The van der Waals surface area contributed by atoms with Crippen LogP contribution in [0.1, 0.15) is 45.0 Å². The molecule has 0 aromatic carbocycles. The Morgan fingerprint density at radius 3 is 2.81 bits per heavy atom. The van der Waals surface area contributed by atoms with Crippen LogP contribution in [0.25, 0.3) is 0 Å². The van der Waals surface area contributed by atoms with Gasteiger partial charge in [-0.15, -0.1) is 0 Å². The molecule has 0 fully saturated rings. The number of ether oxygens (including phenoxy) is 1. The van der Waals surface area contributed by atoms with Gasteiger partial charge in [0.1, 0.15) is 5.75 Å². The van der Waals surface area contributed by atoms with Gasteiger partial charge in [-0.2, -0.15) is 0 Å². The second kappa shape index (κ2) is 9.34. The molecule has 0 aliphatic heterocycles. The second-order valence-electron chi connectivity index (χ2n) is 5.22. The van der Waals surface area contributed by atoms with Gasteiger partial charge >= 0.3 is 0 Å². The number of hydrogen-bond acceptors (Lipinski definition) is 4. The lowest BCUT2D eigenvalue weighted by Gasteiger charge is -2.15. The highest BCUT2D eigenvalue weighted by atomic mass is 16.5. The molecule has 5 nitrogen and oxygen atoms in total. The van der Waals surface area contributed by atoms with Crippen molar-refractivity contribution in [1.29, 1.82) is 0 Å². The number of nitrogens with one attached hydrogen (secondary N) is 2. The van der Waals surface area contributed by atoms with Gasteiger partial charge in [-0.1, -0.05) is 20.3 Å². The molecule has 1 unspecified atom stereocenters. The molecule has 0 bridgehead atoms. The maximum Gasteiger partial charge on any atom is 0.258 e. The number of pyridine rings is 1. The number of aromatic nitrogens is 1. The molecule has 5 heteroatoms. The highest BCUT2D eigenvalue weighted by molar-refractivity contribution is 5.77. The fraction of sp³-hybridized carbons (Fsp3) is 0.625. The van der Waals surface area contributed by atoms with Crippen molar-refractivity contribution in [3.63, 3.8) is 0 Å².